The smallest absolute Gasteiger partial charge is 0.407 e. The first-order valence-electron chi connectivity index (χ1n) is 23.1. The van der Waals surface area contributed by atoms with Crippen LogP contribution in [0.25, 0.3) is 0 Å². The fourth-order valence-electron chi connectivity index (χ4n) is 7.72. The van der Waals surface area contributed by atoms with E-state index < -0.39 is 48.6 Å². The van der Waals surface area contributed by atoms with Gasteiger partial charge >= 0.3 is 12.1 Å². The number of epoxide rings is 1. The van der Waals surface area contributed by atoms with Crippen molar-refractivity contribution in [2.75, 3.05) is 59.3 Å². The van der Waals surface area contributed by atoms with Crippen LogP contribution < -0.4 is 11.1 Å². The van der Waals surface area contributed by atoms with Crippen molar-refractivity contribution in [3.63, 3.8) is 0 Å². The van der Waals surface area contributed by atoms with Gasteiger partial charge in [0, 0.05) is 44.7 Å². The molecule has 3 N–H and O–H groups in total. The van der Waals surface area contributed by atoms with Crippen LogP contribution in [0.2, 0.25) is 0 Å². The summed E-state index contributed by atoms with van der Waals surface area (Å²) in [4.78, 5) is 27.1. The SMILES string of the molecule is CCOC(C)OC1CCC(C)(OC(C)OCC)C(OC(=O)NCCOCCOCCN)/C=C/C(C)C(/C(C)=C/C=C/C(C)CC2OC2C(C)C(CC)OC(C)OCC)OC(=O)C1. The highest BCUT2D eigenvalue weighted by atomic mass is 16.7. The summed E-state index contributed by atoms with van der Waals surface area (Å²) in [7, 11) is 0. The number of rotatable bonds is 29. The third-order valence-electron chi connectivity index (χ3n) is 11.0. The molecule has 2 aliphatic rings. The maximum absolute atomic E-state index is 13.7. The molecule has 13 unspecified atom stereocenters. The van der Waals surface area contributed by atoms with Gasteiger partial charge < -0.3 is 63.2 Å². The molecule has 0 aromatic carbocycles. The van der Waals surface area contributed by atoms with Crippen LogP contribution in [0.5, 0.6) is 0 Å². The number of carbonyl (C=O) groups excluding carboxylic acids is 2. The van der Waals surface area contributed by atoms with E-state index in [9.17, 15) is 9.59 Å². The van der Waals surface area contributed by atoms with Crippen molar-refractivity contribution in [1.82, 2.24) is 5.32 Å². The van der Waals surface area contributed by atoms with Gasteiger partial charge in [0.2, 0.25) is 0 Å². The van der Waals surface area contributed by atoms with Crippen molar-refractivity contribution < 1.29 is 61.7 Å². The molecule has 0 spiro atoms. The number of hydrogen-bond donors (Lipinski definition) is 2. The second-order valence-electron chi connectivity index (χ2n) is 16.5. The Kier molecular flexibility index (Phi) is 27.5. The van der Waals surface area contributed by atoms with Crippen molar-refractivity contribution in [1.29, 1.82) is 0 Å². The molecule has 2 rings (SSSR count). The molecule has 15 nitrogen and oxygen atoms in total. The zero-order valence-corrected chi connectivity index (χ0v) is 40.1. The van der Waals surface area contributed by atoms with Crippen LogP contribution in [0.1, 0.15) is 115 Å². The predicted molar refractivity (Wildman–Crippen MR) is 238 cm³/mol. The number of nitrogens with one attached hydrogen (secondary N) is 1. The Labute approximate surface area is 373 Å². The average molecular weight is 885 g/mol. The Morgan fingerprint density at radius 1 is 0.952 bits per heavy atom. The molecule has 360 valence electrons. The van der Waals surface area contributed by atoms with Gasteiger partial charge in [0.25, 0.3) is 0 Å². The molecular weight excluding hydrogens is 801 g/mol. The molecule has 1 amide bonds. The molecule has 1 saturated heterocycles. The summed E-state index contributed by atoms with van der Waals surface area (Å²) in [6.45, 7) is 27.3. The number of esters is 1. The number of amides is 1. The quantitative estimate of drug-likeness (QED) is 0.0190. The maximum Gasteiger partial charge on any atom is 0.407 e. The van der Waals surface area contributed by atoms with Crippen LogP contribution in [0, 0.1) is 17.8 Å². The monoisotopic (exact) mass is 885 g/mol. The van der Waals surface area contributed by atoms with E-state index in [1.165, 1.54) is 0 Å². The Hall–Kier alpha value is -2.44. The minimum absolute atomic E-state index is 0.0136. The van der Waals surface area contributed by atoms with Crippen LogP contribution in [-0.4, -0.2) is 132 Å². The summed E-state index contributed by atoms with van der Waals surface area (Å²) in [5.74, 6) is -0.218. The summed E-state index contributed by atoms with van der Waals surface area (Å²) in [6, 6.07) is 0. The highest BCUT2D eigenvalue weighted by molar-refractivity contribution is 5.70. The molecule has 0 aromatic rings. The Bertz CT molecular complexity index is 1330. The number of cyclic esters (lactones) is 1. The van der Waals surface area contributed by atoms with Crippen LogP contribution in [0.15, 0.2) is 36.0 Å². The number of hydrogen-bond acceptors (Lipinski definition) is 14. The van der Waals surface area contributed by atoms with Gasteiger partial charge in [-0.25, -0.2) is 4.79 Å². The Morgan fingerprint density at radius 2 is 1.61 bits per heavy atom. The minimum Gasteiger partial charge on any atom is -0.457 e. The largest absolute Gasteiger partial charge is 0.457 e. The van der Waals surface area contributed by atoms with Gasteiger partial charge in [-0.05, 0) is 98.6 Å². The molecule has 13 atom stereocenters. The van der Waals surface area contributed by atoms with Gasteiger partial charge in [0.05, 0.1) is 57.3 Å². The van der Waals surface area contributed by atoms with Crippen molar-refractivity contribution in [2.45, 2.75) is 176 Å². The zero-order valence-electron chi connectivity index (χ0n) is 40.1. The molecule has 0 saturated carbocycles. The third-order valence-corrected chi connectivity index (χ3v) is 11.0. The van der Waals surface area contributed by atoms with E-state index >= 15 is 0 Å². The lowest BCUT2D eigenvalue weighted by Gasteiger charge is -2.39. The van der Waals surface area contributed by atoms with Crippen molar-refractivity contribution >= 4 is 12.1 Å². The van der Waals surface area contributed by atoms with Crippen LogP contribution >= 0.6 is 0 Å². The van der Waals surface area contributed by atoms with Crippen molar-refractivity contribution in [3.8, 4) is 0 Å². The van der Waals surface area contributed by atoms with Gasteiger partial charge in [-0.2, -0.15) is 0 Å². The van der Waals surface area contributed by atoms with Gasteiger partial charge in [-0.1, -0.05) is 52.0 Å². The maximum atomic E-state index is 13.7. The molecule has 0 aromatic heterocycles. The van der Waals surface area contributed by atoms with Crippen LogP contribution in [0.4, 0.5) is 4.79 Å². The summed E-state index contributed by atoms with van der Waals surface area (Å²) in [5.41, 5.74) is 5.22. The Morgan fingerprint density at radius 3 is 2.27 bits per heavy atom. The van der Waals surface area contributed by atoms with E-state index in [4.69, 9.17) is 57.8 Å². The fourth-order valence-corrected chi connectivity index (χ4v) is 7.72. The number of ether oxygens (including phenoxy) is 11. The highest BCUT2D eigenvalue weighted by Crippen LogP contribution is 2.38. The van der Waals surface area contributed by atoms with E-state index in [0.717, 1.165) is 18.4 Å². The molecule has 0 aliphatic carbocycles. The first-order chi connectivity index (χ1) is 29.6. The van der Waals surface area contributed by atoms with Gasteiger partial charge in [-0.15, -0.1) is 0 Å². The molecule has 15 heteroatoms. The third kappa shape index (κ3) is 21.5. The summed E-state index contributed by atoms with van der Waals surface area (Å²) in [6.07, 6.45) is 8.59. The first kappa shape index (κ1) is 55.7. The molecule has 2 aliphatic heterocycles. The van der Waals surface area contributed by atoms with E-state index in [1.54, 1.807) is 6.92 Å². The topological polar surface area (TPSA) is 177 Å². The molecule has 62 heavy (non-hydrogen) atoms. The van der Waals surface area contributed by atoms with E-state index in [2.05, 4.69) is 32.2 Å². The summed E-state index contributed by atoms with van der Waals surface area (Å²) >= 11 is 0. The molecule has 0 radical (unpaired) electrons. The summed E-state index contributed by atoms with van der Waals surface area (Å²) in [5, 5.41) is 2.79. The molecule has 1 fully saturated rings. The molecular formula is C47H84N2O13. The average Bonchev–Trinajstić information content (AvgIpc) is 3.98. The van der Waals surface area contributed by atoms with Crippen LogP contribution in [-0.2, 0) is 56.9 Å². The van der Waals surface area contributed by atoms with Gasteiger partial charge in [-0.3, -0.25) is 4.79 Å². The Balaban J connectivity index is 2.33. The zero-order chi connectivity index (χ0) is 46.1. The van der Waals surface area contributed by atoms with E-state index in [0.29, 0.717) is 59.0 Å². The van der Waals surface area contributed by atoms with Gasteiger partial charge in [0.1, 0.15) is 11.7 Å². The van der Waals surface area contributed by atoms with Crippen molar-refractivity contribution in [2.24, 2.45) is 23.5 Å². The molecule has 0 bridgehead atoms. The number of allylic oxidation sites excluding steroid dienone is 3. The second kappa shape index (κ2) is 30.7. The number of nitrogens with two attached hydrogens (primary N) is 1. The second-order valence-corrected chi connectivity index (χ2v) is 16.5. The minimum atomic E-state index is -1.09. The van der Waals surface area contributed by atoms with Crippen molar-refractivity contribution in [3.05, 3.63) is 36.0 Å². The summed E-state index contributed by atoms with van der Waals surface area (Å²) < 4.78 is 65.5. The number of alkyl carbamates (subject to hydrolysis) is 1. The lowest BCUT2D eigenvalue weighted by molar-refractivity contribution is -0.224. The standard InChI is InChI=1S/C47H84N2O13/c1-13-40(58-37(10)55-15-3)35(8)45-41(59-45)30-32(5)18-17-19-33(6)44-34(7)20-21-42(60-46(51)49-25-27-53-29-28-52-26-24-48)47(12,62-38(11)56-16-4)23-22-39(31-43(50)61-44)57-36(9)54-14-2/h17-21,32,34-42,44-45H,13-16,22-31,48H2,1-12H3,(H,49,51)/b18-17+,21-20+,33-19+. The fraction of sp³-hybridized carbons (Fsp3) is 0.830. The first-order valence-corrected chi connectivity index (χ1v) is 23.1. The van der Waals surface area contributed by atoms with E-state index in [-0.39, 0.29) is 61.9 Å². The van der Waals surface area contributed by atoms with Crippen LogP contribution in [0.3, 0.4) is 0 Å². The highest BCUT2D eigenvalue weighted by Gasteiger charge is 2.46. The lowest BCUT2D eigenvalue weighted by atomic mass is 9.88. The van der Waals surface area contributed by atoms with E-state index in [1.807, 2.05) is 79.7 Å². The molecule has 2 heterocycles. The predicted octanol–water partition coefficient (Wildman–Crippen LogP) is 7.40. The lowest BCUT2D eigenvalue weighted by Crippen LogP contribution is -2.48. The van der Waals surface area contributed by atoms with Gasteiger partial charge in [0.15, 0.2) is 25.0 Å². The number of carbonyl (C=O) groups is 2. The normalized spacial score (nSPS) is 28.5.